The minimum absolute atomic E-state index is 0.111. The summed E-state index contributed by atoms with van der Waals surface area (Å²) in [6.45, 7) is 6.38. The van der Waals surface area contributed by atoms with Gasteiger partial charge in [0.05, 0.1) is 5.56 Å². The van der Waals surface area contributed by atoms with Crippen LogP contribution in [-0.2, 0) is 12.6 Å². The van der Waals surface area contributed by atoms with E-state index in [2.05, 4.69) is 5.32 Å². The highest BCUT2D eigenvalue weighted by Crippen LogP contribution is 2.30. The van der Waals surface area contributed by atoms with Crippen LogP contribution in [-0.4, -0.2) is 12.1 Å². The van der Waals surface area contributed by atoms with Crippen LogP contribution < -0.4 is 5.32 Å². The molecule has 18 heavy (non-hydrogen) atoms. The molecule has 5 heteroatoms. The maximum atomic E-state index is 13.1. The van der Waals surface area contributed by atoms with Gasteiger partial charge in [0.15, 0.2) is 0 Å². The van der Waals surface area contributed by atoms with Crippen molar-refractivity contribution in [3.8, 4) is 0 Å². The molecular weight excluding hydrogens is 246 g/mol. The fraction of sp³-hybridized carbons (Fsp3) is 0.538. The number of halogens is 4. The number of nitrogens with one attached hydrogen (secondary N) is 1. The van der Waals surface area contributed by atoms with Crippen molar-refractivity contribution in [3.05, 3.63) is 35.1 Å². The first kappa shape index (κ1) is 15.0. The van der Waals surface area contributed by atoms with Gasteiger partial charge in [-0.25, -0.2) is 4.39 Å². The Morgan fingerprint density at radius 2 is 1.67 bits per heavy atom. The highest BCUT2D eigenvalue weighted by atomic mass is 19.4. The van der Waals surface area contributed by atoms with Gasteiger partial charge in [-0.05, 0) is 57.5 Å². The second-order valence-corrected chi connectivity index (χ2v) is 5.27. The minimum Gasteiger partial charge on any atom is -0.312 e. The summed E-state index contributed by atoms with van der Waals surface area (Å²) in [6.07, 6.45) is -4.15. The van der Waals surface area contributed by atoms with Gasteiger partial charge in [0.2, 0.25) is 0 Å². The van der Waals surface area contributed by atoms with Crippen LogP contribution >= 0.6 is 0 Å². The van der Waals surface area contributed by atoms with Crippen molar-refractivity contribution in [2.24, 2.45) is 0 Å². The maximum Gasteiger partial charge on any atom is 0.416 e. The van der Waals surface area contributed by atoms with Crippen molar-refractivity contribution in [1.82, 2.24) is 5.32 Å². The molecule has 0 bridgehead atoms. The largest absolute Gasteiger partial charge is 0.416 e. The Morgan fingerprint density at radius 3 is 2.17 bits per heavy atom. The second-order valence-electron chi connectivity index (χ2n) is 5.27. The third-order valence-electron chi connectivity index (χ3n) is 2.35. The van der Waals surface area contributed by atoms with E-state index in [1.54, 1.807) is 0 Å². The van der Waals surface area contributed by atoms with Gasteiger partial charge in [-0.1, -0.05) is 0 Å². The summed E-state index contributed by atoms with van der Waals surface area (Å²) in [7, 11) is 0. The smallest absolute Gasteiger partial charge is 0.312 e. The van der Waals surface area contributed by atoms with E-state index in [0.717, 1.165) is 12.1 Å². The Labute approximate surface area is 104 Å². The van der Waals surface area contributed by atoms with E-state index in [1.807, 2.05) is 20.8 Å². The molecule has 0 aliphatic carbocycles. The lowest BCUT2D eigenvalue weighted by Gasteiger charge is -2.20. The number of hydrogen-bond donors (Lipinski definition) is 1. The van der Waals surface area contributed by atoms with Gasteiger partial charge in [0.25, 0.3) is 0 Å². The van der Waals surface area contributed by atoms with E-state index in [0.29, 0.717) is 24.6 Å². The highest BCUT2D eigenvalue weighted by Gasteiger charge is 2.31. The summed E-state index contributed by atoms with van der Waals surface area (Å²) in [4.78, 5) is 0. The lowest BCUT2D eigenvalue weighted by atomic mass is 10.1. The maximum absolute atomic E-state index is 13.1. The Hall–Kier alpha value is -1.10. The molecule has 0 saturated carbocycles. The molecule has 0 aliphatic heterocycles. The average Bonchev–Trinajstić information content (AvgIpc) is 2.13. The third kappa shape index (κ3) is 5.04. The summed E-state index contributed by atoms with van der Waals surface area (Å²) in [5.74, 6) is -0.851. The van der Waals surface area contributed by atoms with Gasteiger partial charge in [-0.2, -0.15) is 13.2 Å². The first-order valence-electron chi connectivity index (χ1n) is 5.70. The molecule has 0 radical (unpaired) electrons. The summed E-state index contributed by atoms with van der Waals surface area (Å²) in [5, 5.41) is 3.14. The standard InChI is InChI=1S/C13H17F4N/c1-12(2,3)18-5-4-9-6-10(13(15,16)17)8-11(14)7-9/h6-8,18H,4-5H2,1-3H3. The number of rotatable bonds is 3. The van der Waals surface area contributed by atoms with Gasteiger partial charge in [0, 0.05) is 5.54 Å². The molecule has 1 aromatic rings. The Balaban J connectivity index is 2.75. The van der Waals surface area contributed by atoms with Crippen LogP contribution in [0.5, 0.6) is 0 Å². The zero-order chi connectivity index (χ0) is 14.0. The number of hydrogen-bond acceptors (Lipinski definition) is 1. The van der Waals surface area contributed by atoms with Gasteiger partial charge < -0.3 is 5.32 Å². The van der Waals surface area contributed by atoms with E-state index in [1.165, 1.54) is 0 Å². The van der Waals surface area contributed by atoms with Gasteiger partial charge >= 0.3 is 6.18 Å². The molecular formula is C13H17F4N. The van der Waals surface area contributed by atoms with Crippen molar-refractivity contribution >= 4 is 0 Å². The van der Waals surface area contributed by atoms with Crippen LogP contribution in [0.3, 0.4) is 0 Å². The van der Waals surface area contributed by atoms with E-state index in [-0.39, 0.29) is 5.54 Å². The molecule has 0 heterocycles. The monoisotopic (exact) mass is 263 g/mol. The molecule has 0 fully saturated rings. The van der Waals surface area contributed by atoms with Crippen molar-refractivity contribution in [1.29, 1.82) is 0 Å². The first-order chi connectivity index (χ1) is 8.08. The van der Waals surface area contributed by atoms with Crippen LogP contribution in [0.15, 0.2) is 18.2 Å². The predicted octanol–water partition coefficient (Wildman–Crippen LogP) is 3.78. The molecule has 1 N–H and O–H groups in total. The fourth-order valence-corrected chi connectivity index (χ4v) is 1.54. The topological polar surface area (TPSA) is 12.0 Å². The molecule has 1 aromatic carbocycles. The van der Waals surface area contributed by atoms with Crippen LogP contribution in [0, 0.1) is 5.82 Å². The molecule has 0 spiro atoms. The lowest BCUT2D eigenvalue weighted by Crippen LogP contribution is -2.37. The lowest BCUT2D eigenvalue weighted by molar-refractivity contribution is -0.137. The zero-order valence-electron chi connectivity index (χ0n) is 10.7. The summed E-state index contributed by atoms with van der Waals surface area (Å²) in [6, 6.07) is 2.65. The first-order valence-corrected chi connectivity index (χ1v) is 5.70. The van der Waals surface area contributed by atoms with E-state index in [9.17, 15) is 17.6 Å². The average molecular weight is 263 g/mol. The van der Waals surface area contributed by atoms with Crippen molar-refractivity contribution in [2.45, 2.75) is 38.9 Å². The van der Waals surface area contributed by atoms with Gasteiger partial charge in [-0.3, -0.25) is 0 Å². The molecule has 0 amide bonds. The molecule has 1 nitrogen and oxygen atoms in total. The van der Waals surface area contributed by atoms with E-state index >= 15 is 0 Å². The molecule has 0 saturated heterocycles. The van der Waals surface area contributed by atoms with E-state index in [4.69, 9.17) is 0 Å². The van der Waals surface area contributed by atoms with Crippen molar-refractivity contribution < 1.29 is 17.6 Å². The van der Waals surface area contributed by atoms with Crippen LogP contribution in [0.4, 0.5) is 17.6 Å². The van der Waals surface area contributed by atoms with Crippen LogP contribution in [0.1, 0.15) is 31.9 Å². The minimum atomic E-state index is -4.51. The van der Waals surface area contributed by atoms with Gasteiger partial charge in [0.1, 0.15) is 5.82 Å². The SMILES string of the molecule is CC(C)(C)NCCc1cc(F)cc(C(F)(F)F)c1. The molecule has 102 valence electrons. The second kappa shape index (κ2) is 5.26. The fourth-order valence-electron chi connectivity index (χ4n) is 1.54. The highest BCUT2D eigenvalue weighted by molar-refractivity contribution is 5.27. The van der Waals surface area contributed by atoms with Gasteiger partial charge in [-0.15, -0.1) is 0 Å². The zero-order valence-corrected chi connectivity index (χ0v) is 10.7. The predicted molar refractivity (Wildman–Crippen MR) is 62.9 cm³/mol. The number of benzene rings is 1. The van der Waals surface area contributed by atoms with E-state index < -0.39 is 17.6 Å². The van der Waals surface area contributed by atoms with Crippen molar-refractivity contribution in [3.63, 3.8) is 0 Å². The third-order valence-corrected chi connectivity index (χ3v) is 2.35. The van der Waals surface area contributed by atoms with Crippen LogP contribution in [0.2, 0.25) is 0 Å². The molecule has 0 unspecified atom stereocenters. The Morgan fingerprint density at radius 1 is 1.06 bits per heavy atom. The Kier molecular flexibility index (Phi) is 4.37. The Bertz CT molecular complexity index is 404. The molecule has 1 rings (SSSR count). The summed E-state index contributed by atoms with van der Waals surface area (Å²) >= 11 is 0. The van der Waals surface area contributed by atoms with Crippen LogP contribution in [0.25, 0.3) is 0 Å². The number of alkyl halides is 3. The summed E-state index contributed by atoms with van der Waals surface area (Å²) in [5.41, 5.74) is -0.701. The molecule has 0 aromatic heterocycles. The normalized spacial score (nSPS) is 12.8. The quantitative estimate of drug-likeness (QED) is 0.818. The summed E-state index contributed by atoms with van der Waals surface area (Å²) < 4.78 is 50.5. The molecule has 0 aliphatic rings. The molecule has 0 atom stereocenters. The van der Waals surface area contributed by atoms with Crippen molar-refractivity contribution in [2.75, 3.05) is 6.54 Å².